The SMILES string of the molecule is COC(=O)C(C(=O)CSc1ccc(Br)cc1)C(C)C. The van der Waals surface area contributed by atoms with E-state index in [4.69, 9.17) is 0 Å². The largest absolute Gasteiger partial charge is 0.468 e. The Morgan fingerprint density at radius 1 is 1.26 bits per heavy atom. The van der Waals surface area contributed by atoms with E-state index < -0.39 is 11.9 Å². The van der Waals surface area contributed by atoms with Gasteiger partial charge in [-0.1, -0.05) is 29.8 Å². The average Bonchev–Trinajstić information content (AvgIpc) is 2.37. The van der Waals surface area contributed by atoms with Crippen LogP contribution in [0, 0.1) is 11.8 Å². The second-order valence-corrected chi connectivity index (χ2v) is 6.42. The lowest BCUT2D eigenvalue weighted by Crippen LogP contribution is -2.31. The Morgan fingerprint density at radius 3 is 2.32 bits per heavy atom. The number of carbonyl (C=O) groups is 2. The zero-order chi connectivity index (χ0) is 14.4. The van der Waals surface area contributed by atoms with Crippen LogP contribution in [0.3, 0.4) is 0 Å². The molecule has 0 N–H and O–H groups in total. The highest BCUT2D eigenvalue weighted by Crippen LogP contribution is 2.23. The van der Waals surface area contributed by atoms with E-state index in [-0.39, 0.29) is 17.5 Å². The van der Waals surface area contributed by atoms with E-state index in [9.17, 15) is 9.59 Å². The first-order valence-corrected chi connectivity index (χ1v) is 7.72. The van der Waals surface area contributed by atoms with E-state index in [1.807, 2.05) is 38.1 Å². The molecule has 104 valence electrons. The van der Waals surface area contributed by atoms with Crippen LogP contribution >= 0.6 is 27.7 Å². The Morgan fingerprint density at radius 2 is 1.84 bits per heavy atom. The van der Waals surface area contributed by atoms with Crippen molar-refractivity contribution in [1.82, 2.24) is 0 Å². The van der Waals surface area contributed by atoms with Gasteiger partial charge < -0.3 is 4.74 Å². The normalized spacial score (nSPS) is 12.3. The van der Waals surface area contributed by atoms with Crippen LogP contribution in [0.4, 0.5) is 0 Å². The average molecular weight is 345 g/mol. The summed E-state index contributed by atoms with van der Waals surface area (Å²) in [4.78, 5) is 24.7. The number of esters is 1. The molecule has 1 aromatic rings. The first-order chi connectivity index (χ1) is 8.95. The van der Waals surface area contributed by atoms with Gasteiger partial charge in [0.1, 0.15) is 5.92 Å². The Labute approximate surface area is 126 Å². The first-order valence-electron chi connectivity index (χ1n) is 5.94. The number of ketones is 1. The van der Waals surface area contributed by atoms with E-state index in [0.29, 0.717) is 0 Å². The summed E-state index contributed by atoms with van der Waals surface area (Å²) in [5.74, 6) is -0.982. The molecule has 1 aromatic carbocycles. The van der Waals surface area contributed by atoms with Crippen LogP contribution < -0.4 is 0 Å². The van der Waals surface area contributed by atoms with Crippen molar-refractivity contribution in [3.05, 3.63) is 28.7 Å². The molecular weight excluding hydrogens is 328 g/mol. The number of thioether (sulfide) groups is 1. The summed E-state index contributed by atoms with van der Waals surface area (Å²) in [6.45, 7) is 3.70. The molecule has 0 aromatic heterocycles. The maximum atomic E-state index is 12.1. The molecule has 0 saturated heterocycles. The van der Waals surface area contributed by atoms with Gasteiger partial charge in [0.05, 0.1) is 12.9 Å². The molecule has 0 amide bonds. The van der Waals surface area contributed by atoms with E-state index >= 15 is 0 Å². The van der Waals surface area contributed by atoms with Gasteiger partial charge in [-0.3, -0.25) is 9.59 Å². The minimum Gasteiger partial charge on any atom is -0.468 e. The molecule has 0 bridgehead atoms. The molecule has 0 radical (unpaired) electrons. The van der Waals surface area contributed by atoms with Crippen LogP contribution in [0.15, 0.2) is 33.6 Å². The smallest absolute Gasteiger partial charge is 0.316 e. The molecule has 1 rings (SSSR count). The zero-order valence-corrected chi connectivity index (χ0v) is 13.6. The van der Waals surface area contributed by atoms with E-state index in [1.54, 1.807) is 0 Å². The molecular formula is C14H17BrO3S. The summed E-state index contributed by atoms with van der Waals surface area (Å²) in [5.41, 5.74) is 0. The van der Waals surface area contributed by atoms with Crippen LogP contribution in [0.1, 0.15) is 13.8 Å². The number of rotatable bonds is 6. The van der Waals surface area contributed by atoms with E-state index in [1.165, 1.54) is 18.9 Å². The van der Waals surface area contributed by atoms with Crippen LogP contribution in [-0.4, -0.2) is 24.6 Å². The molecule has 1 unspecified atom stereocenters. The highest BCUT2D eigenvalue weighted by molar-refractivity contribution is 9.10. The fourth-order valence-electron chi connectivity index (χ4n) is 1.68. The third kappa shape index (κ3) is 4.99. The molecule has 0 aliphatic heterocycles. The van der Waals surface area contributed by atoms with E-state index in [2.05, 4.69) is 20.7 Å². The summed E-state index contributed by atoms with van der Waals surface area (Å²) in [7, 11) is 1.31. The van der Waals surface area contributed by atoms with Gasteiger partial charge in [-0.2, -0.15) is 0 Å². The number of methoxy groups -OCH3 is 1. The summed E-state index contributed by atoms with van der Waals surface area (Å²) < 4.78 is 5.69. The summed E-state index contributed by atoms with van der Waals surface area (Å²) >= 11 is 4.79. The van der Waals surface area contributed by atoms with Gasteiger partial charge in [0.2, 0.25) is 0 Å². The third-order valence-corrected chi connectivity index (χ3v) is 4.23. The quantitative estimate of drug-likeness (QED) is 0.449. The number of hydrogen-bond donors (Lipinski definition) is 0. The minimum absolute atomic E-state index is 0.0505. The van der Waals surface area contributed by atoms with Crippen molar-refractivity contribution in [2.45, 2.75) is 18.7 Å². The Kier molecular flexibility index (Phi) is 6.58. The number of ether oxygens (including phenoxy) is 1. The number of benzene rings is 1. The van der Waals surface area contributed by atoms with Gasteiger partial charge in [-0.05, 0) is 30.2 Å². The maximum absolute atomic E-state index is 12.1. The molecule has 0 aliphatic rings. The van der Waals surface area contributed by atoms with Crippen molar-refractivity contribution >= 4 is 39.4 Å². The monoisotopic (exact) mass is 344 g/mol. The molecule has 0 aliphatic carbocycles. The second kappa shape index (κ2) is 7.70. The van der Waals surface area contributed by atoms with Crippen molar-refractivity contribution in [1.29, 1.82) is 0 Å². The van der Waals surface area contributed by atoms with Crippen LogP contribution in [0.2, 0.25) is 0 Å². The Bertz CT molecular complexity index is 443. The van der Waals surface area contributed by atoms with Gasteiger partial charge in [-0.25, -0.2) is 0 Å². The molecule has 0 spiro atoms. The fourth-order valence-corrected chi connectivity index (χ4v) is 2.76. The zero-order valence-electron chi connectivity index (χ0n) is 11.2. The molecule has 3 nitrogen and oxygen atoms in total. The predicted molar refractivity (Wildman–Crippen MR) is 80.2 cm³/mol. The lowest BCUT2D eigenvalue weighted by atomic mass is 9.92. The van der Waals surface area contributed by atoms with Crippen molar-refractivity contribution < 1.29 is 14.3 Å². The highest BCUT2D eigenvalue weighted by Gasteiger charge is 2.30. The number of Topliss-reactive ketones (excluding diaryl/α,β-unsaturated/α-hetero) is 1. The number of hydrogen-bond acceptors (Lipinski definition) is 4. The van der Waals surface area contributed by atoms with Gasteiger partial charge >= 0.3 is 5.97 Å². The van der Waals surface area contributed by atoms with Crippen LogP contribution in [0.5, 0.6) is 0 Å². The first kappa shape index (κ1) is 16.2. The maximum Gasteiger partial charge on any atom is 0.316 e. The van der Waals surface area contributed by atoms with Gasteiger partial charge in [0, 0.05) is 9.37 Å². The molecule has 5 heteroatoms. The fraction of sp³-hybridized carbons (Fsp3) is 0.429. The van der Waals surface area contributed by atoms with Crippen LogP contribution in [0.25, 0.3) is 0 Å². The summed E-state index contributed by atoms with van der Waals surface area (Å²) in [6, 6.07) is 7.72. The molecule has 0 fully saturated rings. The minimum atomic E-state index is -0.673. The summed E-state index contributed by atoms with van der Waals surface area (Å²) in [5, 5.41) is 0. The Balaban J connectivity index is 2.62. The molecule has 19 heavy (non-hydrogen) atoms. The standard InChI is InChI=1S/C14H17BrO3S/c1-9(2)13(14(17)18-3)12(16)8-19-11-6-4-10(15)5-7-11/h4-7,9,13H,8H2,1-3H3. The lowest BCUT2D eigenvalue weighted by Gasteiger charge is -2.16. The molecule has 1 atom stereocenters. The third-order valence-electron chi connectivity index (χ3n) is 2.66. The Hall–Kier alpha value is -0.810. The lowest BCUT2D eigenvalue weighted by molar-refractivity contribution is -0.150. The van der Waals surface area contributed by atoms with Crippen LogP contribution in [-0.2, 0) is 14.3 Å². The van der Waals surface area contributed by atoms with Gasteiger partial charge in [-0.15, -0.1) is 11.8 Å². The van der Waals surface area contributed by atoms with Crippen molar-refractivity contribution in [3.8, 4) is 0 Å². The second-order valence-electron chi connectivity index (χ2n) is 4.45. The van der Waals surface area contributed by atoms with Crippen molar-refractivity contribution in [2.24, 2.45) is 11.8 Å². The summed E-state index contributed by atoms with van der Waals surface area (Å²) in [6.07, 6.45) is 0. The van der Waals surface area contributed by atoms with Crippen molar-refractivity contribution in [3.63, 3.8) is 0 Å². The number of carbonyl (C=O) groups excluding carboxylic acids is 2. The number of halogens is 1. The van der Waals surface area contributed by atoms with Gasteiger partial charge in [0.25, 0.3) is 0 Å². The predicted octanol–water partition coefficient (Wildman–Crippen LogP) is 3.56. The molecule has 0 heterocycles. The molecule has 0 saturated carbocycles. The highest BCUT2D eigenvalue weighted by atomic mass is 79.9. The van der Waals surface area contributed by atoms with Gasteiger partial charge in [0.15, 0.2) is 5.78 Å². The van der Waals surface area contributed by atoms with Crippen molar-refractivity contribution in [2.75, 3.05) is 12.9 Å². The van der Waals surface area contributed by atoms with E-state index in [0.717, 1.165) is 9.37 Å². The topological polar surface area (TPSA) is 43.4 Å².